The van der Waals surface area contributed by atoms with Crippen molar-refractivity contribution in [2.45, 2.75) is 19.4 Å². The Kier molecular flexibility index (Phi) is 6.50. The van der Waals surface area contributed by atoms with Crippen molar-refractivity contribution in [3.63, 3.8) is 0 Å². The summed E-state index contributed by atoms with van der Waals surface area (Å²) in [6.07, 6.45) is 5.27. The molecule has 0 unspecified atom stereocenters. The van der Waals surface area contributed by atoms with Gasteiger partial charge in [0.05, 0.1) is 0 Å². The predicted molar refractivity (Wildman–Crippen MR) is 120 cm³/mol. The molecule has 1 aliphatic heterocycles. The van der Waals surface area contributed by atoms with E-state index in [0.29, 0.717) is 17.4 Å². The summed E-state index contributed by atoms with van der Waals surface area (Å²) in [5.41, 5.74) is 2.91. The second kappa shape index (κ2) is 9.63. The van der Waals surface area contributed by atoms with Crippen molar-refractivity contribution in [2.24, 2.45) is 5.92 Å². The van der Waals surface area contributed by atoms with Crippen LogP contribution in [0.4, 0.5) is 11.4 Å². The Bertz CT molecular complexity index is 989. The highest BCUT2D eigenvalue weighted by Gasteiger charge is 2.25. The molecule has 1 amide bonds. The van der Waals surface area contributed by atoms with Crippen LogP contribution in [0.25, 0.3) is 0 Å². The van der Waals surface area contributed by atoms with Crippen molar-refractivity contribution in [1.29, 1.82) is 0 Å². The summed E-state index contributed by atoms with van der Waals surface area (Å²) in [6, 6.07) is 19.1. The third kappa shape index (κ3) is 5.30. The maximum Gasteiger partial charge on any atom is 0.227 e. The lowest BCUT2D eigenvalue weighted by Gasteiger charge is -2.32. The lowest BCUT2D eigenvalue weighted by atomic mass is 9.95. The molecule has 30 heavy (non-hydrogen) atoms. The number of nitrogens with zero attached hydrogens (tertiary/aromatic N) is 2. The van der Waals surface area contributed by atoms with E-state index in [4.69, 9.17) is 16.3 Å². The number of anilines is 2. The molecule has 0 saturated carbocycles. The van der Waals surface area contributed by atoms with Gasteiger partial charge in [0.1, 0.15) is 12.4 Å². The fourth-order valence-corrected chi connectivity index (χ4v) is 3.87. The molecular formula is C24H24ClN3O2. The Labute approximate surface area is 181 Å². The van der Waals surface area contributed by atoms with Gasteiger partial charge in [-0.15, -0.1) is 0 Å². The van der Waals surface area contributed by atoms with Crippen molar-refractivity contribution >= 4 is 28.9 Å². The number of rotatable bonds is 6. The zero-order chi connectivity index (χ0) is 20.8. The number of halogens is 1. The molecule has 0 radical (unpaired) electrons. The van der Waals surface area contributed by atoms with Gasteiger partial charge < -0.3 is 15.0 Å². The molecule has 154 valence electrons. The Morgan fingerprint density at radius 3 is 2.60 bits per heavy atom. The number of aromatic nitrogens is 1. The summed E-state index contributed by atoms with van der Waals surface area (Å²) < 4.78 is 5.86. The van der Waals surface area contributed by atoms with E-state index in [1.807, 2.05) is 60.7 Å². The molecule has 4 rings (SSSR count). The largest absolute Gasteiger partial charge is 0.489 e. The molecule has 6 heteroatoms. The normalized spacial score (nSPS) is 14.4. The molecule has 0 atom stereocenters. The Hall–Kier alpha value is -3.05. The van der Waals surface area contributed by atoms with Crippen molar-refractivity contribution < 1.29 is 9.53 Å². The fourth-order valence-electron chi connectivity index (χ4n) is 3.66. The topological polar surface area (TPSA) is 54.5 Å². The Morgan fingerprint density at radius 2 is 1.83 bits per heavy atom. The van der Waals surface area contributed by atoms with Crippen molar-refractivity contribution in [2.75, 3.05) is 23.3 Å². The Balaban J connectivity index is 1.30. The fraction of sp³-hybridized carbons (Fsp3) is 0.250. The lowest BCUT2D eigenvalue weighted by Crippen LogP contribution is -2.38. The van der Waals surface area contributed by atoms with Gasteiger partial charge in [0.2, 0.25) is 5.91 Å². The highest BCUT2D eigenvalue weighted by Crippen LogP contribution is 2.25. The van der Waals surface area contributed by atoms with E-state index < -0.39 is 0 Å². The first-order valence-corrected chi connectivity index (χ1v) is 10.5. The van der Waals surface area contributed by atoms with Gasteiger partial charge in [-0.25, -0.2) is 0 Å². The zero-order valence-electron chi connectivity index (χ0n) is 16.6. The average molecular weight is 422 g/mol. The van der Waals surface area contributed by atoms with Crippen LogP contribution in [-0.4, -0.2) is 24.0 Å². The van der Waals surface area contributed by atoms with Gasteiger partial charge >= 0.3 is 0 Å². The number of hydrogen-bond donors (Lipinski definition) is 1. The van der Waals surface area contributed by atoms with E-state index in [1.165, 1.54) is 0 Å². The first-order chi connectivity index (χ1) is 14.7. The Morgan fingerprint density at radius 1 is 1.07 bits per heavy atom. The van der Waals surface area contributed by atoms with Crippen molar-refractivity contribution in [3.8, 4) is 5.75 Å². The molecule has 1 N–H and O–H groups in total. The number of benzene rings is 2. The van der Waals surface area contributed by atoms with Crippen LogP contribution in [0.2, 0.25) is 5.02 Å². The summed E-state index contributed by atoms with van der Waals surface area (Å²) >= 11 is 6.02. The molecule has 3 aromatic rings. The lowest BCUT2D eigenvalue weighted by molar-refractivity contribution is -0.120. The third-order valence-corrected chi connectivity index (χ3v) is 5.52. The minimum Gasteiger partial charge on any atom is -0.489 e. The third-order valence-electron chi connectivity index (χ3n) is 5.29. The van der Waals surface area contributed by atoms with Gasteiger partial charge in [-0.1, -0.05) is 29.8 Å². The standard InChI is InChI=1S/C24H24ClN3O2/c25-20-4-1-3-18(15-20)17-30-23-6-2-5-21(16-23)27-24(29)19-9-13-28(14-10-19)22-7-11-26-12-8-22/h1-8,11-12,15-16,19H,9-10,13-14,17H2,(H,27,29). The van der Waals surface area contributed by atoms with Gasteiger partial charge in [-0.2, -0.15) is 0 Å². The molecule has 2 heterocycles. The van der Waals surface area contributed by atoms with Crippen LogP contribution in [0, 0.1) is 5.92 Å². The second-order valence-electron chi connectivity index (χ2n) is 7.40. The van der Waals surface area contributed by atoms with E-state index in [0.717, 1.165) is 42.9 Å². The van der Waals surface area contributed by atoms with Gasteiger partial charge in [0.25, 0.3) is 0 Å². The van der Waals surface area contributed by atoms with E-state index in [9.17, 15) is 4.79 Å². The minimum atomic E-state index is 0.0131. The van der Waals surface area contributed by atoms with Crippen LogP contribution in [0.1, 0.15) is 18.4 Å². The van der Waals surface area contributed by atoms with Crippen LogP contribution in [0.5, 0.6) is 5.75 Å². The number of carbonyl (C=O) groups excluding carboxylic acids is 1. The van der Waals surface area contributed by atoms with E-state index >= 15 is 0 Å². The van der Waals surface area contributed by atoms with E-state index in [2.05, 4.69) is 15.2 Å². The summed E-state index contributed by atoms with van der Waals surface area (Å²) in [7, 11) is 0. The minimum absolute atomic E-state index is 0.0131. The molecular weight excluding hydrogens is 398 g/mol. The van der Waals surface area contributed by atoms with Crippen molar-refractivity contribution in [1.82, 2.24) is 4.98 Å². The average Bonchev–Trinajstić information content (AvgIpc) is 2.79. The molecule has 2 aromatic carbocycles. The van der Waals surface area contributed by atoms with Gasteiger partial charge in [0, 0.05) is 53.9 Å². The molecule has 5 nitrogen and oxygen atoms in total. The first-order valence-electron chi connectivity index (χ1n) is 10.1. The van der Waals surface area contributed by atoms with Crippen LogP contribution in [0.3, 0.4) is 0 Å². The maximum absolute atomic E-state index is 12.7. The molecule has 1 aromatic heterocycles. The molecule has 1 aliphatic rings. The number of hydrogen-bond acceptors (Lipinski definition) is 4. The second-order valence-corrected chi connectivity index (χ2v) is 7.84. The maximum atomic E-state index is 12.7. The number of pyridine rings is 1. The van der Waals surface area contributed by atoms with Crippen molar-refractivity contribution in [3.05, 3.63) is 83.6 Å². The smallest absolute Gasteiger partial charge is 0.227 e. The van der Waals surface area contributed by atoms with Crippen LogP contribution >= 0.6 is 11.6 Å². The molecule has 1 saturated heterocycles. The number of carbonyl (C=O) groups is 1. The molecule has 0 aliphatic carbocycles. The van der Waals surface area contributed by atoms with Gasteiger partial charge in [-0.05, 0) is 54.8 Å². The van der Waals surface area contributed by atoms with Gasteiger partial charge in [-0.3, -0.25) is 9.78 Å². The molecule has 1 fully saturated rings. The van der Waals surface area contributed by atoms with E-state index in [1.54, 1.807) is 12.4 Å². The van der Waals surface area contributed by atoms with Gasteiger partial charge in [0.15, 0.2) is 0 Å². The first kappa shape index (κ1) is 20.2. The predicted octanol–water partition coefficient (Wildman–Crippen LogP) is 5.17. The molecule has 0 bridgehead atoms. The number of nitrogens with one attached hydrogen (secondary N) is 1. The number of amides is 1. The highest BCUT2D eigenvalue weighted by atomic mass is 35.5. The monoisotopic (exact) mass is 421 g/mol. The van der Waals surface area contributed by atoms with Crippen LogP contribution in [-0.2, 0) is 11.4 Å². The van der Waals surface area contributed by atoms with E-state index in [-0.39, 0.29) is 11.8 Å². The van der Waals surface area contributed by atoms with Crippen LogP contribution in [0.15, 0.2) is 73.1 Å². The zero-order valence-corrected chi connectivity index (χ0v) is 17.4. The SMILES string of the molecule is O=C(Nc1cccc(OCc2cccc(Cl)c2)c1)C1CCN(c2ccncc2)CC1. The number of piperidine rings is 1. The summed E-state index contributed by atoms with van der Waals surface area (Å²) in [5.74, 6) is 0.788. The molecule has 0 spiro atoms. The summed E-state index contributed by atoms with van der Waals surface area (Å²) in [6.45, 7) is 2.15. The van der Waals surface area contributed by atoms with Crippen LogP contribution < -0.4 is 15.0 Å². The summed E-state index contributed by atoms with van der Waals surface area (Å²) in [4.78, 5) is 19.1. The number of ether oxygens (including phenoxy) is 1. The quantitative estimate of drug-likeness (QED) is 0.596. The highest BCUT2D eigenvalue weighted by molar-refractivity contribution is 6.30. The summed E-state index contributed by atoms with van der Waals surface area (Å²) in [5, 5.41) is 3.73.